The van der Waals surface area contributed by atoms with E-state index in [4.69, 9.17) is 0 Å². The molecule has 0 saturated carbocycles. The SMILES string of the molecule is C/C=C1\C(=O)Nc2cccnc21.c1ccc2[nH]ccc2c1. The van der Waals surface area contributed by atoms with Crippen molar-refractivity contribution in [3.05, 3.63) is 66.6 Å². The van der Waals surface area contributed by atoms with Crippen LogP contribution in [0, 0.1) is 0 Å². The molecule has 4 rings (SSSR count). The van der Waals surface area contributed by atoms with Gasteiger partial charge in [0.1, 0.15) is 0 Å². The number of hydrogen-bond acceptors (Lipinski definition) is 2. The lowest BCUT2D eigenvalue weighted by molar-refractivity contribution is -0.110. The summed E-state index contributed by atoms with van der Waals surface area (Å²) in [4.78, 5) is 18.5. The fraction of sp³-hybridized carbons (Fsp3) is 0.0588. The Morgan fingerprint density at radius 2 is 1.95 bits per heavy atom. The zero-order valence-corrected chi connectivity index (χ0v) is 11.6. The van der Waals surface area contributed by atoms with Crippen LogP contribution in [0.5, 0.6) is 0 Å². The molecule has 0 fully saturated rings. The highest BCUT2D eigenvalue weighted by molar-refractivity contribution is 6.30. The van der Waals surface area contributed by atoms with Crippen molar-refractivity contribution in [3.8, 4) is 0 Å². The maximum atomic E-state index is 11.2. The fourth-order valence-corrected chi connectivity index (χ4v) is 2.28. The third kappa shape index (κ3) is 2.56. The summed E-state index contributed by atoms with van der Waals surface area (Å²) in [5.41, 5.74) is 3.42. The van der Waals surface area contributed by atoms with Crippen LogP contribution in [0.3, 0.4) is 0 Å². The van der Waals surface area contributed by atoms with Crippen LogP contribution in [0.4, 0.5) is 5.69 Å². The lowest BCUT2D eigenvalue weighted by Gasteiger charge is -1.92. The Kier molecular flexibility index (Phi) is 3.51. The Morgan fingerprint density at radius 3 is 2.76 bits per heavy atom. The third-order valence-electron chi connectivity index (χ3n) is 3.31. The van der Waals surface area contributed by atoms with Crippen molar-refractivity contribution in [3.63, 3.8) is 0 Å². The van der Waals surface area contributed by atoms with Gasteiger partial charge in [0, 0.05) is 17.9 Å². The van der Waals surface area contributed by atoms with Gasteiger partial charge in [0.25, 0.3) is 5.91 Å². The Morgan fingerprint density at radius 1 is 1.10 bits per heavy atom. The molecule has 1 aliphatic rings. The predicted octanol–water partition coefficient (Wildman–Crippen LogP) is 3.60. The van der Waals surface area contributed by atoms with Crippen molar-refractivity contribution in [1.82, 2.24) is 9.97 Å². The van der Waals surface area contributed by atoms with Crippen molar-refractivity contribution < 1.29 is 4.79 Å². The summed E-state index contributed by atoms with van der Waals surface area (Å²) >= 11 is 0. The number of allylic oxidation sites excluding steroid dienone is 1. The number of hydrogen-bond donors (Lipinski definition) is 2. The summed E-state index contributed by atoms with van der Waals surface area (Å²) in [5.74, 6) is -0.0637. The number of pyridine rings is 1. The van der Waals surface area contributed by atoms with Gasteiger partial charge in [-0.05, 0) is 36.6 Å². The van der Waals surface area contributed by atoms with E-state index in [1.807, 2.05) is 31.3 Å². The second kappa shape index (κ2) is 5.63. The zero-order chi connectivity index (χ0) is 14.7. The van der Waals surface area contributed by atoms with E-state index in [9.17, 15) is 4.79 Å². The molecule has 0 aliphatic carbocycles. The quantitative estimate of drug-likeness (QED) is 0.617. The molecule has 4 nitrogen and oxygen atoms in total. The van der Waals surface area contributed by atoms with E-state index < -0.39 is 0 Å². The van der Waals surface area contributed by atoms with Gasteiger partial charge >= 0.3 is 0 Å². The highest BCUT2D eigenvalue weighted by atomic mass is 16.2. The number of fused-ring (bicyclic) bond motifs is 2. The number of carbonyl (C=O) groups is 1. The van der Waals surface area contributed by atoms with Crippen LogP contribution in [0.2, 0.25) is 0 Å². The first kappa shape index (κ1) is 13.1. The summed E-state index contributed by atoms with van der Waals surface area (Å²) < 4.78 is 0. The molecule has 3 heterocycles. The zero-order valence-electron chi connectivity index (χ0n) is 11.6. The van der Waals surface area contributed by atoms with Crippen LogP contribution < -0.4 is 5.32 Å². The maximum absolute atomic E-state index is 11.2. The smallest absolute Gasteiger partial charge is 0.257 e. The molecular formula is C17H15N3O. The minimum atomic E-state index is -0.0637. The van der Waals surface area contributed by atoms with Crippen LogP contribution in [-0.2, 0) is 4.79 Å². The Balaban J connectivity index is 0.000000131. The number of rotatable bonds is 0. The first-order chi connectivity index (χ1) is 10.3. The number of benzene rings is 1. The lowest BCUT2D eigenvalue weighted by atomic mass is 10.2. The van der Waals surface area contributed by atoms with Crippen molar-refractivity contribution in [2.45, 2.75) is 6.92 Å². The summed E-state index contributed by atoms with van der Waals surface area (Å²) in [6.07, 6.45) is 5.40. The molecule has 4 heteroatoms. The Hall–Kier alpha value is -2.88. The van der Waals surface area contributed by atoms with Gasteiger partial charge in [0.2, 0.25) is 0 Å². The molecule has 21 heavy (non-hydrogen) atoms. The average Bonchev–Trinajstić information content (AvgIpc) is 3.10. The minimum Gasteiger partial charge on any atom is -0.361 e. The molecule has 0 spiro atoms. The molecule has 3 aromatic rings. The minimum absolute atomic E-state index is 0.0637. The molecule has 0 atom stereocenters. The molecule has 1 aromatic carbocycles. The fourth-order valence-electron chi connectivity index (χ4n) is 2.28. The highest BCUT2D eigenvalue weighted by Gasteiger charge is 2.23. The van der Waals surface area contributed by atoms with Gasteiger partial charge in [-0.25, -0.2) is 0 Å². The van der Waals surface area contributed by atoms with Crippen molar-refractivity contribution in [1.29, 1.82) is 0 Å². The van der Waals surface area contributed by atoms with Gasteiger partial charge in [0.05, 0.1) is 17.0 Å². The molecule has 2 aromatic heterocycles. The number of nitrogens with zero attached hydrogens (tertiary/aromatic N) is 1. The average molecular weight is 277 g/mol. The van der Waals surface area contributed by atoms with Gasteiger partial charge in [-0.15, -0.1) is 0 Å². The number of anilines is 1. The van der Waals surface area contributed by atoms with E-state index in [0.29, 0.717) is 5.57 Å². The first-order valence-electron chi connectivity index (χ1n) is 6.75. The maximum Gasteiger partial charge on any atom is 0.257 e. The lowest BCUT2D eigenvalue weighted by Crippen LogP contribution is -2.03. The summed E-state index contributed by atoms with van der Waals surface area (Å²) in [6.45, 7) is 1.83. The van der Waals surface area contributed by atoms with Crippen molar-refractivity contribution in [2.75, 3.05) is 5.32 Å². The highest BCUT2D eigenvalue weighted by Crippen LogP contribution is 2.28. The van der Waals surface area contributed by atoms with E-state index in [0.717, 1.165) is 11.4 Å². The third-order valence-corrected chi connectivity index (χ3v) is 3.31. The van der Waals surface area contributed by atoms with E-state index in [2.05, 4.69) is 33.5 Å². The molecule has 2 N–H and O–H groups in total. The van der Waals surface area contributed by atoms with Gasteiger partial charge in [-0.3, -0.25) is 9.78 Å². The van der Waals surface area contributed by atoms with E-state index in [-0.39, 0.29) is 5.91 Å². The summed E-state index contributed by atoms with van der Waals surface area (Å²) in [6, 6.07) is 13.9. The molecule has 104 valence electrons. The van der Waals surface area contributed by atoms with Crippen molar-refractivity contribution >= 4 is 28.1 Å². The normalized spacial score (nSPS) is 14.5. The molecule has 1 aliphatic heterocycles. The Labute approximate surface area is 122 Å². The topological polar surface area (TPSA) is 57.8 Å². The summed E-state index contributed by atoms with van der Waals surface area (Å²) in [7, 11) is 0. The number of para-hydroxylation sites is 1. The number of carbonyl (C=O) groups excluding carboxylic acids is 1. The first-order valence-corrected chi connectivity index (χ1v) is 6.75. The molecule has 0 radical (unpaired) electrons. The molecular weight excluding hydrogens is 262 g/mol. The predicted molar refractivity (Wildman–Crippen MR) is 84.8 cm³/mol. The second-order valence-corrected chi connectivity index (χ2v) is 4.62. The number of aromatic amines is 1. The van der Waals surface area contributed by atoms with E-state index >= 15 is 0 Å². The second-order valence-electron chi connectivity index (χ2n) is 4.62. The summed E-state index contributed by atoms with van der Waals surface area (Å²) in [5, 5.41) is 4.00. The largest absolute Gasteiger partial charge is 0.361 e. The molecule has 1 amide bonds. The van der Waals surface area contributed by atoms with Crippen LogP contribution in [0.15, 0.2) is 60.9 Å². The van der Waals surface area contributed by atoms with Gasteiger partial charge < -0.3 is 10.3 Å². The standard InChI is InChI=1S/C9H8N2O.C8H7N/c1-2-6-8-7(11-9(6)12)4-3-5-10-8;1-2-4-8-7(3-1)5-6-9-8/h2-5H,1H3,(H,11,12);1-6,9H/b6-2-;. The van der Waals surface area contributed by atoms with Gasteiger partial charge in [-0.1, -0.05) is 24.3 Å². The number of nitrogens with one attached hydrogen (secondary N) is 2. The van der Waals surface area contributed by atoms with Crippen LogP contribution in [-0.4, -0.2) is 15.9 Å². The Bertz CT molecular complexity index is 787. The van der Waals surface area contributed by atoms with Crippen LogP contribution in [0.1, 0.15) is 12.6 Å². The number of H-pyrrole nitrogens is 1. The molecule has 0 bridgehead atoms. The monoisotopic (exact) mass is 277 g/mol. The van der Waals surface area contributed by atoms with Crippen molar-refractivity contribution in [2.24, 2.45) is 0 Å². The number of aromatic nitrogens is 2. The number of amides is 1. The van der Waals surface area contributed by atoms with Crippen LogP contribution >= 0.6 is 0 Å². The van der Waals surface area contributed by atoms with E-state index in [1.165, 1.54) is 10.9 Å². The van der Waals surface area contributed by atoms with E-state index in [1.54, 1.807) is 18.3 Å². The molecule has 0 saturated heterocycles. The van der Waals surface area contributed by atoms with Gasteiger partial charge in [0.15, 0.2) is 0 Å². The van der Waals surface area contributed by atoms with Gasteiger partial charge in [-0.2, -0.15) is 0 Å². The van der Waals surface area contributed by atoms with Crippen LogP contribution in [0.25, 0.3) is 16.5 Å². The molecule has 0 unspecified atom stereocenters.